The van der Waals surface area contributed by atoms with Gasteiger partial charge >= 0.3 is 6.18 Å². The molecule has 1 aromatic carbocycles. The lowest BCUT2D eigenvalue weighted by atomic mass is 10.1. The Labute approximate surface area is 93.7 Å². The molecule has 0 saturated heterocycles. The third kappa shape index (κ3) is 5.75. The first-order valence-corrected chi connectivity index (χ1v) is 5.31. The highest BCUT2D eigenvalue weighted by Gasteiger charge is 2.26. The van der Waals surface area contributed by atoms with Crippen molar-refractivity contribution in [3.05, 3.63) is 35.9 Å². The Bertz CT molecular complexity index is 295. The molecule has 0 aliphatic rings. The molecular weight excluding hydrogens is 215 g/mol. The molecule has 1 aromatic rings. The smallest absolute Gasteiger partial charge is 0.314 e. The molecule has 0 aromatic heterocycles. The van der Waals surface area contributed by atoms with Crippen molar-refractivity contribution in [1.82, 2.24) is 5.32 Å². The fourth-order valence-corrected chi connectivity index (χ4v) is 1.50. The summed E-state index contributed by atoms with van der Waals surface area (Å²) in [5.41, 5.74) is 1.13. The van der Waals surface area contributed by atoms with E-state index in [-0.39, 0.29) is 12.6 Å². The maximum absolute atomic E-state index is 11.9. The van der Waals surface area contributed by atoms with Crippen molar-refractivity contribution in [3.63, 3.8) is 0 Å². The SMILES string of the molecule is CC(Cc1ccccc1)NCCC(F)(F)F. The minimum absolute atomic E-state index is 0.0164. The minimum Gasteiger partial charge on any atom is -0.314 e. The van der Waals surface area contributed by atoms with Crippen molar-refractivity contribution in [2.45, 2.75) is 32.0 Å². The van der Waals surface area contributed by atoms with Gasteiger partial charge in [0.2, 0.25) is 0 Å². The highest BCUT2D eigenvalue weighted by atomic mass is 19.4. The van der Waals surface area contributed by atoms with E-state index in [2.05, 4.69) is 5.32 Å². The summed E-state index contributed by atoms with van der Waals surface area (Å²) in [7, 11) is 0. The average molecular weight is 231 g/mol. The van der Waals surface area contributed by atoms with Gasteiger partial charge in [0.25, 0.3) is 0 Å². The lowest BCUT2D eigenvalue weighted by molar-refractivity contribution is -0.133. The molecule has 0 heterocycles. The molecular formula is C12H16F3N. The number of halogens is 3. The summed E-state index contributed by atoms with van der Waals surface area (Å²) < 4.78 is 35.7. The molecule has 1 atom stereocenters. The molecule has 4 heteroatoms. The fourth-order valence-electron chi connectivity index (χ4n) is 1.50. The van der Waals surface area contributed by atoms with Crippen LogP contribution in [-0.4, -0.2) is 18.8 Å². The normalized spacial score (nSPS) is 13.8. The molecule has 0 fully saturated rings. The molecule has 1 nitrogen and oxygen atoms in total. The van der Waals surface area contributed by atoms with E-state index in [1.165, 1.54) is 0 Å². The van der Waals surface area contributed by atoms with Crippen LogP contribution in [0.2, 0.25) is 0 Å². The van der Waals surface area contributed by atoms with Crippen LogP contribution >= 0.6 is 0 Å². The van der Waals surface area contributed by atoms with Gasteiger partial charge in [0.05, 0.1) is 6.42 Å². The molecule has 90 valence electrons. The summed E-state index contributed by atoms with van der Waals surface area (Å²) in [5, 5.41) is 2.87. The summed E-state index contributed by atoms with van der Waals surface area (Å²) in [6.07, 6.45) is -4.09. The van der Waals surface area contributed by atoms with Crippen molar-refractivity contribution in [1.29, 1.82) is 0 Å². The van der Waals surface area contributed by atoms with Crippen LogP contribution in [0.25, 0.3) is 0 Å². The lowest BCUT2D eigenvalue weighted by Gasteiger charge is -2.14. The van der Waals surface area contributed by atoms with Gasteiger partial charge in [-0.05, 0) is 18.9 Å². The number of benzene rings is 1. The van der Waals surface area contributed by atoms with E-state index in [4.69, 9.17) is 0 Å². The molecule has 0 aliphatic heterocycles. The Balaban J connectivity index is 2.24. The van der Waals surface area contributed by atoms with Crippen LogP contribution < -0.4 is 5.32 Å². The van der Waals surface area contributed by atoms with Crippen LogP contribution in [-0.2, 0) is 6.42 Å². The van der Waals surface area contributed by atoms with Crippen LogP contribution in [0.5, 0.6) is 0 Å². The van der Waals surface area contributed by atoms with E-state index in [1.54, 1.807) is 0 Å². The summed E-state index contributed by atoms with van der Waals surface area (Å²) in [6.45, 7) is 1.88. The van der Waals surface area contributed by atoms with E-state index in [9.17, 15) is 13.2 Å². The van der Waals surface area contributed by atoms with Crippen LogP contribution in [0.15, 0.2) is 30.3 Å². The second kappa shape index (κ2) is 5.89. The largest absolute Gasteiger partial charge is 0.390 e. The second-order valence-corrected chi connectivity index (χ2v) is 3.91. The molecule has 0 spiro atoms. The van der Waals surface area contributed by atoms with Crippen LogP contribution in [0.3, 0.4) is 0 Å². The van der Waals surface area contributed by atoms with Crippen molar-refractivity contribution in [2.75, 3.05) is 6.54 Å². The molecule has 0 amide bonds. The Morgan fingerprint density at radius 3 is 2.38 bits per heavy atom. The second-order valence-electron chi connectivity index (χ2n) is 3.91. The van der Waals surface area contributed by atoms with Gasteiger partial charge in [-0.3, -0.25) is 0 Å². The van der Waals surface area contributed by atoms with Gasteiger partial charge in [0.15, 0.2) is 0 Å². The summed E-state index contributed by atoms with van der Waals surface area (Å²) in [5.74, 6) is 0. The molecule has 0 saturated carbocycles. The zero-order valence-electron chi connectivity index (χ0n) is 9.22. The summed E-state index contributed by atoms with van der Waals surface area (Å²) in [6, 6.07) is 9.79. The molecule has 1 rings (SSSR count). The average Bonchev–Trinajstić information content (AvgIpc) is 2.17. The first-order valence-electron chi connectivity index (χ1n) is 5.31. The van der Waals surface area contributed by atoms with Gasteiger partial charge in [-0.1, -0.05) is 30.3 Å². The van der Waals surface area contributed by atoms with E-state index in [0.717, 1.165) is 12.0 Å². The topological polar surface area (TPSA) is 12.0 Å². The number of hydrogen-bond donors (Lipinski definition) is 1. The van der Waals surface area contributed by atoms with E-state index in [0.29, 0.717) is 0 Å². The molecule has 1 N–H and O–H groups in total. The minimum atomic E-state index is -4.07. The highest BCUT2D eigenvalue weighted by Crippen LogP contribution is 2.18. The summed E-state index contributed by atoms with van der Waals surface area (Å²) in [4.78, 5) is 0. The third-order valence-electron chi connectivity index (χ3n) is 2.29. The van der Waals surface area contributed by atoms with Gasteiger partial charge in [0.1, 0.15) is 0 Å². The Hall–Kier alpha value is -1.03. The van der Waals surface area contributed by atoms with Crippen LogP contribution in [0.4, 0.5) is 13.2 Å². The van der Waals surface area contributed by atoms with Crippen molar-refractivity contribution in [3.8, 4) is 0 Å². The first kappa shape index (κ1) is 13.0. The Morgan fingerprint density at radius 2 is 1.81 bits per heavy atom. The molecule has 0 bridgehead atoms. The Morgan fingerprint density at radius 1 is 1.19 bits per heavy atom. The zero-order valence-corrected chi connectivity index (χ0v) is 9.22. The van der Waals surface area contributed by atoms with Gasteiger partial charge < -0.3 is 5.32 Å². The first-order chi connectivity index (χ1) is 7.47. The van der Waals surface area contributed by atoms with Crippen molar-refractivity contribution < 1.29 is 13.2 Å². The predicted molar refractivity (Wildman–Crippen MR) is 58.3 cm³/mol. The monoisotopic (exact) mass is 231 g/mol. The lowest BCUT2D eigenvalue weighted by Crippen LogP contribution is -2.31. The predicted octanol–water partition coefficient (Wildman–Crippen LogP) is 3.16. The Kier molecular flexibility index (Phi) is 4.80. The number of rotatable bonds is 5. The molecule has 0 aliphatic carbocycles. The molecule has 1 unspecified atom stereocenters. The molecule has 0 radical (unpaired) electrons. The quantitative estimate of drug-likeness (QED) is 0.820. The van der Waals surface area contributed by atoms with Gasteiger partial charge in [-0.25, -0.2) is 0 Å². The number of hydrogen-bond acceptors (Lipinski definition) is 1. The van der Waals surface area contributed by atoms with Crippen LogP contribution in [0, 0.1) is 0 Å². The summed E-state index contributed by atoms with van der Waals surface area (Å²) >= 11 is 0. The van der Waals surface area contributed by atoms with Gasteiger partial charge in [-0.15, -0.1) is 0 Å². The zero-order chi connectivity index (χ0) is 12.0. The number of nitrogens with one attached hydrogen (secondary N) is 1. The van der Waals surface area contributed by atoms with Crippen LogP contribution in [0.1, 0.15) is 18.9 Å². The third-order valence-corrected chi connectivity index (χ3v) is 2.29. The highest BCUT2D eigenvalue weighted by molar-refractivity contribution is 5.15. The van der Waals surface area contributed by atoms with Crippen molar-refractivity contribution >= 4 is 0 Å². The fraction of sp³-hybridized carbons (Fsp3) is 0.500. The van der Waals surface area contributed by atoms with E-state index < -0.39 is 12.6 Å². The van der Waals surface area contributed by atoms with E-state index >= 15 is 0 Å². The van der Waals surface area contributed by atoms with Gasteiger partial charge in [0, 0.05) is 12.6 Å². The molecule has 16 heavy (non-hydrogen) atoms. The van der Waals surface area contributed by atoms with Gasteiger partial charge in [-0.2, -0.15) is 13.2 Å². The van der Waals surface area contributed by atoms with Crippen molar-refractivity contribution in [2.24, 2.45) is 0 Å². The standard InChI is InChI=1S/C12H16F3N/c1-10(16-8-7-12(13,14)15)9-11-5-3-2-4-6-11/h2-6,10,16H,7-9H2,1H3. The number of alkyl halides is 3. The van der Waals surface area contributed by atoms with E-state index in [1.807, 2.05) is 37.3 Å². The maximum atomic E-state index is 11.9. The maximum Gasteiger partial charge on any atom is 0.390 e.